The van der Waals surface area contributed by atoms with Crippen LogP contribution < -0.4 is 0 Å². The molecule has 0 radical (unpaired) electrons. The molecule has 2 fully saturated rings. The van der Waals surface area contributed by atoms with E-state index >= 15 is 0 Å². The molecule has 0 bridgehead atoms. The Balaban J connectivity index is 2.06. The summed E-state index contributed by atoms with van der Waals surface area (Å²) in [6.07, 6.45) is 8.77. The van der Waals surface area contributed by atoms with Crippen LogP contribution in [0.2, 0.25) is 18.1 Å². The first-order valence-electron chi connectivity index (χ1n) is 11.9. The lowest BCUT2D eigenvalue weighted by atomic mass is 9.40. The zero-order valence-electron chi connectivity index (χ0n) is 20.9. The fourth-order valence-electron chi connectivity index (χ4n) is 7.41. The van der Waals surface area contributed by atoms with Crippen LogP contribution in [-0.2, 0) is 9.22 Å². The smallest absolute Gasteiger partial charge is 0.192 e. The minimum Gasteiger partial charge on any atom is -0.410 e. The van der Waals surface area contributed by atoms with Crippen molar-refractivity contribution in [1.82, 2.24) is 0 Å². The summed E-state index contributed by atoms with van der Waals surface area (Å²) >= 11 is 0. The first kappa shape index (κ1) is 23.3. The molecular weight excluding hydrogens is 372 g/mol. The number of aldehydes is 1. The highest BCUT2D eigenvalue weighted by atomic mass is 28.4. The molecule has 0 saturated heterocycles. The van der Waals surface area contributed by atoms with Gasteiger partial charge in [-0.3, -0.25) is 4.79 Å². The Morgan fingerprint density at radius 2 is 1.66 bits per heavy atom. The predicted octanol–water partition coefficient (Wildman–Crippen LogP) is 7.54. The molecule has 2 nitrogen and oxygen atoms in total. The van der Waals surface area contributed by atoms with Crippen molar-refractivity contribution in [3.63, 3.8) is 0 Å². The first-order valence-corrected chi connectivity index (χ1v) is 14.9. The van der Waals surface area contributed by atoms with Crippen molar-refractivity contribution in [2.45, 2.75) is 118 Å². The predicted molar refractivity (Wildman–Crippen MR) is 126 cm³/mol. The van der Waals surface area contributed by atoms with Crippen molar-refractivity contribution < 1.29 is 9.22 Å². The van der Waals surface area contributed by atoms with Gasteiger partial charge in [0.05, 0.1) is 6.10 Å². The van der Waals surface area contributed by atoms with Gasteiger partial charge >= 0.3 is 0 Å². The molecule has 3 heteroatoms. The third-order valence-corrected chi connectivity index (χ3v) is 14.6. The number of allylic oxidation sites excluding steroid dienone is 1. The maximum absolute atomic E-state index is 12.4. The Kier molecular flexibility index (Phi) is 5.65. The van der Waals surface area contributed by atoms with E-state index in [0.717, 1.165) is 24.3 Å². The Labute approximate surface area is 181 Å². The van der Waals surface area contributed by atoms with Crippen molar-refractivity contribution in [3.8, 4) is 0 Å². The molecule has 2 saturated carbocycles. The average Bonchev–Trinajstić information content (AvgIpc) is 2.55. The van der Waals surface area contributed by atoms with Gasteiger partial charge in [-0.25, -0.2) is 0 Å². The van der Waals surface area contributed by atoms with Gasteiger partial charge in [0, 0.05) is 0 Å². The number of carbonyl (C=O) groups excluding carboxylic acids is 1. The number of hydrogen-bond donors (Lipinski definition) is 0. The molecule has 5 atom stereocenters. The molecule has 3 rings (SSSR count). The summed E-state index contributed by atoms with van der Waals surface area (Å²) in [5, 5.41) is 0.182. The molecule has 0 heterocycles. The van der Waals surface area contributed by atoms with Crippen LogP contribution in [0.25, 0.3) is 0 Å². The molecule has 0 aromatic carbocycles. The van der Waals surface area contributed by atoms with Crippen LogP contribution in [0.3, 0.4) is 0 Å². The van der Waals surface area contributed by atoms with Crippen LogP contribution in [0, 0.1) is 28.1 Å². The van der Waals surface area contributed by atoms with E-state index in [2.05, 4.69) is 68.5 Å². The largest absolute Gasteiger partial charge is 0.410 e. The average molecular weight is 419 g/mol. The van der Waals surface area contributed by atoms with E-state index < -0.39 is 8.32 Å². The van der Waals surface area contributed by atoms with Crippen molar-refractivity contribution in [2.24, 2.45) is 28.1 Å². The van der Waals surface area contributed by atoms with Crippen molar-refractivity contribution >= 4 is 14.6 Å². The first-order chi connectivity index (χ1) is 13.1. The quantitative estimate of drug-likeness (QED) is 0.349. The third-order valence-electron chi connectivity index (χ3n) is 10.1. The Morgan fingerprint density at radius 1 is 1.03 bits per heavy atom. The SMILES string of the molecule is CC1=C(C=O)[C@]2(C)CC[C@H]3C(C)(C)CCC[C@]3(C)[C@H]2C[C@@H]1O[Si](C)(C)C(C)(C)C. The molecule has 0 amide bonds. The topological polar surface area (TPSA) is 26.3 Å². The van der Waals surface area contributed by atoms with Gasteiger partial charge in [-0.05, 0) is 96.4 Å². The zero-order valence-corrected chi connectivity index (χ0v) is 21.9. The second-order valence-electron chi connectivity index (χ2n) is 13.2. The molecule has 0 aromatic rings. The van der Waals surface area contributed by atoms with Crippen LogP contribution >= 0.6 is 0 Å². The molecule has 0 N–H and O–H groups in total. The maximum Gasteiger partial charge on any atom is 0.192 e. The van der Waals surface area contributed by atoms with E-state index in [1.165, 1.54) is 37.5 Å². The minimum atomic E-state index is -1.90. The summed E-state index contributed by atoms with van der Waals surface area (Å²) < 4.78 is 6.98. The number of rotatable bonds is 3. The summed E-state index contributed by atoms with van der Waals surface area (Å²) in [7, 11) is -1.90. The van der Waals surface area contributed by atoms with E-state index in [1.54, 1.807) is 0 Å². The summed E-state index contributed by atoms with van der Waals surface area (Å²) in [5.41, 5.74) is 3.01. The summed E-state index contributed by atoms with van der Waals surface area (Å²) in [6, 6.07) is 0. The Hall–Kier alpha value is -0.413. The summed E-state index contributed by atoms with van der Waals surface area (Å²) in [6.45, 7) is 23.8. The highest BCUT2D eigenvalue weighted by molar-refractivity contribution is 6.74. The lowest BCUT2D eigenvalue weighted by molar-refractivity contribution is -0.136. The fraction of sp³-hybridized carbons (Fsp3) is 0.885. The normalized spacial score (nSPS) is 40.3. The second kappa shape index (κ2) is 7.05. The zero-order chi connectivity index (χ0) is 22.0. The van der Waals surface area contributed by atoms with E-state index in [4.69, 9.17) is 4.43 Å². The highest BCUT2D eigenvalue weighted by Crippen LogP contribution is 2.68. The van der Waals surface area contributed by atoms with Crippen molar-refractivity contribution in [1.29, 1.82) is 0 Å². The van der Waals surface area contributed by atoms with Gasteiger partial charge in [0.1, 0.15) is 6.29 Å². The van der Waals surface area contributed by atoms with Gasteiger partial charge in [-0.15, -0.1) is 0 Å². The lowest BCUT2D eigenvalue weighted by Gasteiger charge is -2.65. The molecule has 29 heavy (non-hydrogen) atoms. The van der Waals surface area contributed by atoms with Gasteiger partial charge in [-0.2, -0.15) is 0 Å². The van der Waals surface area contributed by atoms with Gasteiger partial charge in [-0.1, -0.05) is 54.9 Å². The molecule has 166 valence electrons. The van der Waals surface area contributed by atoms with E-state index in [0.29, 0.717) is 16.7 Å². The standard InChI is InChI=1S/C26H46O2Si/c1-18-19(17-27)25(7)15-12-21-24(5,6)13-11-14-26(21,8)22(25)16-20(18)28-29(9,10)23(2,3)4/h17,20-22H,11-16H2,1-10H3/t20-,21-,22-,25-,26-/m0/s1. The molecule has 0 aromatic heterocycles. The van der Waals surface area contributed by atoms with Gasteiger partial charge < -0.3 is 4.43 Å². The molecule has 0 unspecified atom stereocenters. The Bertz CT molecular complexity index is 698. The van der Waals surface area contributed by atoms with Gasteiger partial charge in [0.2, 0.25) is 0 Å². The van der Waals surface area contributed by atoms with Crippen LogP contribution in [0.1, 0.15) is 93.9 Å². The molecule has 0 spiro atoms. The van der Waals surface area contributed by atoms with Crippen LogP contribution in [0.4, 0.5) is 0 Å². The number of hydrogen-bond acceptors (Lipinski definition) is 2. The van der Waals surface area contributed by atoms with Crippen LogP contribution in [0.15, 0.2) is 11.1 Å². The van der Waals surface area contributed by atoms with Gasteiger partial charge in [0.15, 0.2) is 8.32 Å². The highest BCUT2D eigenvalue weighted by Gasteiger charge is 2.61. The van der Waals surface area contributed by atoms with E-state index in [-0.39, 0.29) is 16.6 Å². The summed E-state index contributed by atoms with van der Waals surface area (Å²) in [5.74, 6) is 1.29. The molecular formula is C26H46O2Si. The van der Waals surface area contributed by atoms with E-state index in [1.807, 2.05) is 0 Å². The van der Waals surface area contributed by atoms with Crippen molar-refractivity contribution in [3.05, 3.63) is 11.1 Å². The fourth-order valence-corrected chi connectivity index (χ4v) is 8.75. The van der Waals surface area contributed by atoms with Gasteiger partial charge in [0.25, 0.3) is 0 Å². The van der Waals surface area contributed by atoms with Crippen molar-refractivity contribution in [2.75, 3.05) is 0 Å². The monoisotopic (exact) mass is 418 g/mol. The molecule has 3 aliphatic carbocycles. The number of carbonyl (C=O) groups is 1. The van der Waals surface area contributed by atoms with Crippen LogP contribution in [0.5, 0.6) is 0 Å². The second-order valence-corrected chi connectivity index (χ2v) is 18.0. The maximum atomic E-state index is 12.4. The summed E-state index contributed by atoms with van der Waals surface area (Å²) in [4.78, 5) is 12.4. The third kappa shape index (κ3) is 3.52. The number of fused-ring (bicyclic) bond motifs is 3. The van der Waals surface area contributed by atoms with E-state index in [9.17, 15) is 4.79 Å². The van der Waals surface area contributed by atoms with Crippen LogP contribution in [-0.4, -0.2) is 20.7 Å². The minimum absolute atomic E-state index is 0.0117. The lowest BCUT2D eigenvalue weighted by Crippen LogP contribution is -2.58. The molecule has 0 aliphatic heterocycles. The molecule has 3 aliphatic rings. The Morgan fingerprint density at radius 3 is 2.21 bits per heavy atom.